The molecule has 1 N–H and O–H groups in total. The molecule has 1 aromatic heterocycles. The topological polar surface area (TPSA) is 42.0 Å². The lowest BCUT2D eigenvalue weighted by atomic mass is 10.2. The molecule has 0 unspecified atom stereocenters. The van der Waals surface area contributed by atoms with Gasteiger partial charge in [0, 0.05) is 16.6 Å². The first-order valence-electron chi connectivity index (χ1n) is 6.30. The van der Waals surface area contributed by atoms with E-state index in [-0.39, 0.29) is 11.7 Å². The van der Waals surface area contributed by atoms with E-state index in [0.717, 1.165) is 0 Å². The predicted molar refractivity (Wildman–Crippen MR) is 81.9 cm³/mol. The lowest BCUT2D eigenvalue weighted by Gasteiger charge is -2.01. The van der Waals surface area contributed by atoms with Gasteiger partial charge >= 0.3 is 0 Å². The van der Waals surface area contributed by atoms with Crippen LogP contribution in [-0.2, 0) is 0 Å². The molecule has 0 aliphatic rings. The number of hydrogen-bond donors (Lipinski definition) is 1. The SMILES string of the molecule is O=C(Nc1ccccc1)c1csc(-c2cccc(F)c2)n1. The smallest absolute Gasteiger partial charge is 0.275 e. The number of thiazole rings is 1. The van der Waals surface area contributed by atoms with Gasteiger partial charge in [0.25, 0.3) is 5.91 Å². The second kappa shape index (κ2) is 5.85. The summed E-state index contributed by atoms with van der Waals surface area (Å²) in [7, 11) is 0. The number of hydrogen-bond acceptors (Lipinski definition) is 3. The number of carbonyl (C=O) groups excluding carboxylic acids is 1. The van der Waals surface area contributed by atoms with Crippen LogP contribution in [-0.4, -0.2) is 10.9 Å². The lowest BCUT2D eigenvalue weighted by molar-refractivity contribution is 0.102. The summed E-state index contributed by atoms with van der Waals surface area (Å²) >= 11 is 1.31. The summed E-state index contributed by atoms with van der Waals surface area (Å²) in [5, 5.41) is 5.05. The molecule has 104 valence electrons. The molecule has 0 spiro atoms. The van der Waals surface area contributed by atoms with Gasteiger partial charge in [0.05, 0.1) is 0 Å². The van der Waals surface area contributed by atoms with Gasteiger partial charge in [-0.1, -0.05) is 30.3 Å². The maximum absolute atomic E-state index is 13.2. The summed E-state index contributed by atoms with van der Waals surface area (Å²) < 4.78 is 13.2. The number of amides is 1. The number of para-hydroxylation sites is 1. The van der Waals surface area contributed by atoms with E-state index in [0.29, 0.717) is 22.0 Å². The molecular formula is C16H11FN2OS. The zero-order chi connectivity index (χ0) is 14.7. The van der Waals surface area contributed by atoms with Crippen molar-refractivity contribution in [2.75, 3.05) is 5.32 Å². The Hall–Kier alpha value is -2.53. The van der Waals surface area contributed by atoms with Crippen LogP contribution < -0.4 is 5.32 Å². The summed E-state index contributed by atoms with van der Waals surface area (Å²) in [4.78, 5) is 16.3. The summed E-state index contributed by atoms with van der Waals surface area (Å²) in [6.45, 7) is 0. The van der Waals surface area contributed by atoms with Crippen molar-refractivity contribution >= 4 is 22.9 Å². The first-order chi connectivity index (χ1) is 10.2. The molecule has 3 aromatic rings. The number of anilines is 1. The lowest BCUT2D eigenvalue weighted by Crippen LogP contribution is -2.12. The zero-order valence-corrected chi connectivity index (χ0v) is 11.7. The van der Waals surface area contributed by atoms with Crippen molar-refractivity contribution in [2.24, 2.45) is 0 Å². The molecule has 3 nitrogen and oxygen atoms in total. The summed E-state index contributed by atoms with van der Waals surface area (Å²) in [5.74, 6) is -0.599. The number of nitrogens with zero attached hydrogens (tertiary/aromatic N) is 1. The Bertz CT molecular complexity index is 771. The molecule has 0 bridgehead atoms. The second-order valence-corrected chi connectivity index (χ2v) is 5.23. The van der Waals surface area contributed by atoms with Gasteiger partial charge in [-0.3, -0.25) is 4.79 Å². The average Bonchev–Trinajstić information content (AvgIpc) is 2.98. The average molecular weight is 298 g/mol. The highest BCUT2D eigenvalue weighted by atomic mass is 32.1. The van der Waals surface area contributed by atoms with Crippen LogP contribution in [0.3, 0.4) is 0 Å². The van der Waals surface area contributed by atoms with Gasteiger partial charge in [0.2, 0.25) is 0 Å². The third-order valence-electron chi connectivity index (χ3n) is 2.84. The number of rotatable bonds is 3. The van der Waals surface area contributed by atoms with Crippen molar-refractivity contribution in [2.45, 2.75) is 0 Å². The van der Waals surface area contributed by atoms with Crippen molar-refractivity contribution in [3.8, 4) is 10.6 Å². The van der Waals surface area contributed by atoms with E-state index in [1.54, 1.807) is 29.6 Å². The highest BCUT2D eigenvalue weighted by Gasteiger charge is 2.12. The minimum Gasteiger partial charge on any atom is -0.321 e. The second-order valence-electron chi connectivity index (χ2n) is 4.37. The summed E-state index contributed by atoms with van der Waals surface area (Å²) in [6, 6.07) is 15.3. The molecule has 2 aromatic carbocycles. The standard InChI is InChI=1S/C16H11FN2OS/c17-12-6-4-5-11(9-12)16-19-14(10-21-16)15(20)18-13-7-2-1-3-8-13/h1-10H,(H,18,20). The summed E-state index contributed by atoms with van der Waals surface area (Å²) in [5.41, 5.74) is 1.70. The Balaban J connectivity index is 1.80. The first kappa shape index (κ1) is 13.5. The van der Waals surface area contributed by atoms with Crippen LogP contribution in [0.25, 0.3) is 10.6 Å². The van der Waals surface area contributed by atoms with Crippen LogP contribution in [0.4, 0.5) is 10.1 Å². The fourth-order valence-electron chi connectivity index (χ4n) is 1.85. The fourth-order valence-corrected chi connectivity index (χ4v) is 2.65. The molecule has 0 aliphatic heterocycles. The molecule has 5 heteroatoms. The van der Waals surface area contributed by atoms with Crippen LogP contribution in [0, 0.1) is 5.82 Å². The van der Waals surface area contributed by atoms with Crippen molar-refractivity contribution in [3.63, 3.8) is 0 Å². The van der Waals surface area contributed by atoms with E-state index in [2.05, 4.69) is 10.3 Å². The number of halogens is 1. The van der Waals surface area contributed by atoms with Gasteiger partial charge in [0.15, 0.2) is 0 Å². The molecule has 0 fully saturated rings. The quantitative estimate of drug-likeness (QED) is 0.787. The third-order valence-corrected chi connectivity index (χ3v) is 3.73. The third kappa shape index (κ3) is 3.14. The first-order valence-corrected chi connectivity index (χ1v) is 7.18. The van der Waals surface area contributed by atoms with E-state index >= 15 is 0 Å². The van der Waals surface area contributed by atoms with E-state index in [1.807, 2.05) is 18.2 Å². The number of benzene rings is 2. The van der Waals surface area contributed by atoms with Gasteiger partial charge < -0.3 is 5.32 Å². The Morgan fingerprint density at radius 3 is 2.67 bits per heavy atom. The Kier molecular flexibility index (Phi) is 3.75. The molecule has 21 heavy (non-hydrogen) atoms. The van der Waals surface area contributed by atoms with Gasteiger partial charge in [-0.15, -0.1) is 11.3 Å². The van der Waals surface area contributed by atoms with E-state index in [1.165, 1.54) is 23.5 Å². The molecule has 0 radical (unpaired) electrons. The minimum absolute atomic E-state index is 0.278. The van der Waals surface area contributed by atoms with Crippen LogP contribution in [0.1, 0.15) is 10.5 Å². The monoisotopic (exact) mass is 298 g/mol. The molecule has 0 aliphatic carbocycles. The van der Waals surface area contributed by atoms with E-state index < -0.39 is 0 Å². The Morgan fingerprint density at radius 1 is 1.10 bits per heavy atom. The molecule has 0 atom stereocenters. The summed E-state index contributed by atoms with van der Waals surface area (Å²) in [6.07, 6.45) is 0. The molecule has 3 rings (SSSR count). The number of carbonyl (C=O) groups is 1. The van der Waals surface area contributed by atoms with Gasteiger partial charge in [-0.2, -0.15) is 0 Å². The molecular weight excluding hydrogens is 287 g/mol. The number of nitrogens with one attached hydrogen (secondary N) is 1. The molecule has 1 amide bonds. The van der Waals surface area contributed by atoms with Crippen molar-refractivity contribution in [1.29, 1.82) is 0 Å². The van der Waals surface area contributed by atoms with E-state index in [9.17, 15) is 9.18 Å². The van der Waals surface area contributed by atoms with Gasteiger partial charge in [-0.05, 0) is 24.3 Å². The van der Waals surface area contributed by atoms with Crippen molar-refractivity contribution in [1.82, 2.24) is 4.98 Å². The number of aromatic nitrogens is 1. The van der Waals surface area contributed by atoms with Crippen molar-refractivity contribution < 1.29 is 9.18 Å². The van der Waals surface area contributed by atoms with Crippen molar-refractivity contribution in [3.05, 3.63) is 71.5 Å². The fraction of sp³-hybridized carbons (Fsp3) is 0. The largest absolute Gasteiger partial charge is 0.321 e. The molecule has 1 heterocycles. The zero-order valence-electron chi connectivity index (χ0n) is 10.9. The highest BCUT2D eigenvalue weighted by Crippen LogP contribution is 2.24. The van der Waals surface area contributed by atoms with Gasteiger partial charge in [0.1, 0.15) is 16.5 Å². The minimum atomic E-state index is -0.321. The molecule has 0 saturated heterocycles. The maximum atomic E-state index is 13.2. The van der Waals surface area contributed by atoms with Gasteiger partial charge in [-0.25, -0.2) is 9.37 Å². The van der Waals surface area contributed by atoms with Crippen LogP contribution in [0.2, 0.25) is 0 Å². The van der Waals surface area contributed by atoms with E-state index in [4.69, 9.17) is 0 Å². The normalized spacial score (nSPS) is 10.3. The Labute approximate surface area is 125 Å². The van der Waals surface area contributed by atoms with Crippen LogP contribution in [0.15, 0.2) is 60.0 Å². The highest BCUT2D eigenvalue weighted by molar-refractivity contribution is 7.13. The predicted octanol–water partition coefficient (Wildman–Crippen LogP) is 4.20. The maximum Gasteiger partial charge on any atom is 0.275 e. The molecule has 0 saturated carbocycles. The van der Waals surface area contributed by atoms with Crippen LogP contribution in [0.5, 0.6) is 0 Å². The Morgan fingerprint density at radius 2 is 1.90 bits per heavy atom. The van der Waals surface area contributed by atoms with Crippen LogP contribution >= 0.6 is 11.3 Å².